The number of carbonyl (C=O) groups excluding carboxylic acids is 1. The van der Waals surface area contributed by atoms with E-state index in [1.807, 2.05) is 26.8 Å². The lowest BCUT2D eigenvalue weighted by molar-refractivity contribution is -0.0440. The van der Waals surface area contributed by atoms with Crippen LogP contribution in [-0.4, -0.2) is 44.0 Å². The molecule has 1 aliphatic rings. The number of esters is 1. The number of rotatable bonds is 4. The van der Waals surface area contributed by atoms with Gasteiger partial charge >= 0.3 is 5.97 Å². The van der Waals surface area contributed by atoms with Gasteiger partial charge in [-0.25, -0.2) is 13.2 Å². The van der Waals surface area contributed by atoms with E-state index in [2.05, 4.69) is 0 Å². The summed E-state index contributed by atoms with van der Waals surface area (Å²) in [6, 6.07) is 11.2. The number of halogens is 1. The van der Waals surface area contributed by atoms with Crippen molar-refractivity contribution in [2.45, 2.75) is 37.9 Å². The Hall–Kier alpha value is -1.93. The molecule has 2 atom stereocenters. The second-order valence-electron chi connectivity index (χ2n) is 6.93. The van der Waals surface area contributed by atoms with Gasteiger partial charge in [-0.2, -0.15) is 4.31 Å². The molecule has 150 valence electrons. The van der Waals surface area contributed by atoms with Gasteiger partial charge in [0.1, 0.15) is 10.6 Å². The quantitative estimate of drug-likeness (QED) is 0.554. The molecule has 28 heavy (non-hydrogen) atoms. The van der Waals surface area contributed by atoms with Crippen LogP contribution in [0.4, 0.5) is 0 Å². The summed E-state index contributed by atoms with van der Waals surface area (Å²) in [5.74, 6) is -0.261. The number of morpholine rings is 1. The molecule has 0 bridgehead atoms. The van der Waals surface area contributed by atoms with Gasteiger partial charge in [0.25, 0.3) is 0 Å². The zero-order chi connectivity index (χ0) is 20.5. The number of benzene rings is 2. The second kappa shape index (κ2) is 8.21. The Morgan fingerprint density at radius 3 is 2.46 bits per heavy atom. The number of aryl methyl sites for hydroxylation is 1. The fourth-order valence-electron chi connectivity index (χ4n) is 3.14. The third-order valence-corrected chi connectivity index (χ3v) is 6.68. The topological polar surface area (TPSA) is 72.9 Å². The van der Waals surface area contributed by atoms with E-state index in [0.717, 1.165) is 5.56 Å². The van der Waals surface area contributed by atoms with Crippen molar-refractivity contribution >= 4 is 27.6 Å². The lowest BCUT2D eigenvalue weighted by Crippen LogP contribution is -2.48. The highest BCUT2D eigenvalue weighted by atomic mass is 35.5. The highest BCUT2D eigenvalue weighted by Gasteiger charge is 2.34. The van der Waals surface area contributed by atoms with Gasteiger partial charge in [0.05, 0.1) is 22.8 Å². The lowest BCUT2D eigenvalue weighted by atomic mass is 10.2. The zero-order valence-electron chi connectivity index (χ0n) is 15.9. The fourth-order valence-corrected chi connectivity index (χ4v) is 5.23. The molecule has 0 spiro atoms. The molecule has 8 heteroatoms. The summed E-state index contributed by atoms with van der Waals surface area (Å²) in [5.41, 5.74) is 1.05. The van der Waals surface area contributed by atoms with E-state index in [1.165, 1.54) is 22.5 Å². The first-order valence-electron chi connectivity index (χ1n) is 8.91. The molecule has 2 aromatic rings. The van der Waals surface area contributed by atoms with Crippen molar-refractivity contribution in [3.63, 3.8) is 0 Å². The summed E-state index contributed by atoms with van der Waals surface area (Å²) >= 11 is 6.17. The third kappa shape index (κ3) is 4.55. The Morgan fingerprint density at radius 2 is 1.82 bits per heavy atom. The maximum atomic E-state index is 13.1. The Morgan fingerprint density at radius 1 is 1.14 bits per heavy atom. The van der Waals surface area contributed by atoms with Gasteiger partial charge < -0.3 is 9.47 Å². The van der Waals surface area contributed by atoms with Gasteiger partial charge in [-0.1, -0.05) is 23.7 Å². The summed E-state index contributed by atoms with van der Waals surface area (Å²) in [6.07, 6.45) is -0.460. The van der Waals surface area contributed by atoms with Gasteiger partial charge in [0.15, 0.2) is 0 Å². The highest BCUT2D eigenvalue weighted by molar-refractivity contribution is 7.89. The van der Waals surface area contributed by atoms with Crippen molar-refractivity contribution < 1.29 is 22.7 Å². The van der Waals surface area contributed by atoms with Crippen LogP contribution in [0.1, 0.15) is 29.8 Å². The van der Waals surface area contributed by atoms with Gasteiger partial charge in [-0.15, -0.1) is 0 Å². The maximum Gasteiger partial charge on any atom is 0.343 e. The molecule has 0 aromatic heterocycles. The SMILES string of the molecule is Cc1cccc(OC(=O)c2ccc(Cl)c(S(=O)(=O)N3CC(C)OC(C)C3)c2)c1. The van der Waals surface area contributed by atoms with E-state index in [9.17, 15) is 13.2 Å². The van der Waals surface area contributed by atoms with Crippen LogP contribution in [0, 0.1) is 6.92 Å². The van der Waals surface area contributed by atoms with Crippen molar-refractivity contribution in [1.82, 2.24) is 4.31 Å². The molecule has 0 saturated carbocycles. The molecule has 0 N–H and O–H groups in total. The van der Waals surface area contributed by atoms with Crippen molar-refractivity contribution in [2.75, 3.05) is 13.1 Å². The van der Waals surface area contributed by atoms with Gasteiger partial charge in [-0.3, -0.25) is 0 Å². The molecule has 2 aromatic carbocycles. The van der Waals surface area contributed by atoms with Crippen LogP contribution in [-0.2, 0) is 14.8 Å². The van der Waals surface area contributed by atoms with E-state index < -0.39 is 16.0 Å². The maximum absolute atomic E-state index is 13.1. The van der Waals surface area contributed by atoms with E-state index in [0.29, 0.717) is 5.75 Å². The number of sulfonamides is 1. The van der Waals surface area contributed by atoms with Crippen molar-refractivity contribution in [2.24, 2.45) is 0 Å². The monoisotopic (exact) mass is 423 g/mol. The van der Waals surface area contributed by atoms with Crippen LogP contribution in [0.2, 0.25) is 5.02 Å². The first kappa shape index (κ1) is 20.8. The predicted molar refractivity (Wildman–Crippen MR) is 106 cm³/mol. The van der Waals surface area contributed by atoms with Crippen LogP contribution in [0.15, 0.2) is 47.4 Å². The number of carbonyl (C=O) groups is 1. The minimum absolute atomic E-state index is 0.0545. The molecule has 0 amide bonds. The predicted octanol–water partition coefficient (Wildman–Crippen LogP) is 3.67. The van der Waals surface area contributed by atoms with Crippen LogP contribution in [0.5, 0.6) is 5.75 Å². The van der Waals surface area contributed by atoms with Gasteiger partial charge in [0, 0.05) is 13.1 Å². The molecule has 1 saturated heterocycles. The Bertz CT molecular complexity index is 982. The van der Waals surface area contributed by atoms with E-state index in [4.69, 9.17) is 21.1 Å². The average molecular weight is 424 g/mol. The molecule has 1 heterocycles. The van der Waals surface area contributed by atoms with E-state index >= 15 is 0 Å². The summed E-state index contributed by atoms with van der Waals surface area (Å²) < 4.78 is 38.5. The van der Waals surface area contributed by atoms with Crippen molar-refractivity contribution in [1.29, 1.82) is 0 Å². The molecule has 3 rings (SSSR count). The number of hydrogen-bond acceptors (Lipinski definition) is 5. The summed E-state index contributed by atoms with van der Waals surface area (Å²) in [4.78, 5) is 12.4. The van der Waals surface area contributed by atoms with Crippen LogP contribution in [0.3, 0.4) is 0 Å². The van der Waals surface area contributed by atoms with Crippen molar-refractivity contribution in [3.8, 4) is 5.75 Å². The number of nitrogens with zero attached hydrogens (tertiary/aromatic N) is 1. The van der Waals surface area contributed by atoms with Crippen LogP contribution < -0.4 is 4.74 Å². The molecule has 6 nitrogen and oxygen atoms in total. The van der Waals surface area contributed by atoms with E-state index in [-0.39, 0.29) is 40.8 Å². The first-order valence-corrected chi connectivity index (χ1v) is 10.7. The molecule has 2 unspecified atom stereocenters. The lowest BCUT2D eigenvalue weighted by Gasteiger charge is -2.34. The number of ether oxygens (including phenoxy) is 2. The molecule has 1 fully saturated rings. The molecular weight excluding hydrogens is 402 g/mol. The first-order chi connectivity index (χ1) is 13.2. The highest BCUT2D eigenvalue weighted by Crippen LogP contribution is 2.28. The molecule has 0 radical (unpaired) electrons. The fraction of sp³-hybridized carbons (Fsp3) is 0.350. The zero-order valence-corrected chi connectivity index (χ0v) is 17.5. The van der Waals surface area contributed by atoms with Crippen LogP contribution >= 0.6 is 11.6 Å². The molecule has 1 aliphatic heterocycles. The largest absolute Gasteiger partial charge is 0.423 e. The minimum Gasteiger partial charge on any atom is -0.423 e. The molecular formula is C20H22ClNO5S. The van der Waals surface area contributed by atoms with Crippen LogP contribution in [0.25, 0.3) is 0 Å². The normalized spacial score (nSPS) is 20.7. The standard InChI is InChI=1S/C20H22ClNO5S/c1-13-5-4-6-17(9-13)27-20(23)16-7-8-18(21)19(10-16)28(24,25)22-11-14(2)26-15(3)12-22/h4-10,14-15H,11-12H2,1-3H3. The Labute approximate surface area is 170 Å². The second-order valence-corrected chi connectivity index (χ2v) is 9.24. The summed E-state index contributed by atoms with van der Waals surface area (Å²) in [5, 5.41) is 0.0545. The third-order valence-electron chi connectivity index (χ3n) is 4.37. The minimum atomic E-state index is -3.88. The summed E-state index contributed by atoms with van der Waals surface area (Å²) in [6.45, 7) is 5.96. The van der Waals surface area contributed by atoms with Crippen molar-refractivity contribution in [3.05, 3.63) is 58.6 Å². The van der Waals surface area contributed by atoms with E-state index in [1.54, 1.807) is 18.2 Å². The Balaban J connectivity index is 1.89. The Kier molecular flexibility index (Phi) is 6.09. The van der Waals surface area contributed by atoms with Gasteiger partial charge in [-0.05, 0) is 56.7 Å². The number of hydrogen-bond donors (Lipinski definition) is 0. The molecule has 0 aliphatic carbocycles. The summed E-state index contributed by atoms with van der Waals surface area (Å²) in [7, 11) is -3.88. The van der Waals surface area contributed by atoms with Gasteiger partial charge in [0.2, 0.25) is 10.0 Å². The average Bonchev–Trinajstić information content (AvgIpc) is 2.61. The smallest absolute Gasteiger partial charge is 0.343 e.